The molecule has 0 aliphatic carbocycles. The third-order valence-corrected chi connectivity index (χ3v) is 3.44. The molecule has 2 aromatic rings. The number of aromatic nitrogens is 2. The van der Waals surface area contributed by atoms with Crippen molar-refractivity contribution in [1.82, 2.24) is 9.55 Å². The number of hydrogen-bond acceptors (Lipinski definition) is 2. The molecule has 1 aromatic carbocycles. The summed E-state index contributed by atoms with van der Waals surface area (Å²) in [5.41, 5.74) is 1.20. The Bertz CT molecular complexity index is 504. The average molecular weight is 278 g/mol. The van der Waals surface area contributed by atoms with Crippen LogP contribution in [0.3, 0.4) is 0 Å². The Labute approximate surface area is 119 Å². The lowest BCUT2D eigenvalue weighted by atomic mass is 10.1. The van der Waals surface area contributed by atoms with Gasteiger partial charge in [0, 0.05) is 24.0 Å². The van der Waals surface area contributed by atoms with Crippen LogP contribution in [0.1, 0.15) is 38.3 Å². The number of rotatable bonds is 6. The summed E-state index contributed by atoms with van der Waals surface area (Å²) < 4.78 is 2.16. The molecule has 0 saturated carbocycles. The van der Waals surface area contributed by atoms with Crippen LogP contribution in [-0.2, 0) is 6.54 Å². The molecule has 4 heteroatoms. The van der Waals surface area contributed by atoms with E-state index in [9.17, 15) is 0 Å². The highest BCUT2D eigenvalue weighted by atomic mass is 35.5. The van der Waals surface area contributed by atoms with Crippen molar-refractivity contribution in [3.63, 3.8) is 0 Å². The predicted molar refractivity (Wildman–Crippen MR) is 80.6 cm³/mol. The van der Waals surface area contributed by atoms with Gasteiger partial charge in [0.25, 0.3) is 0 Å². The van der Waals surface area contributed by atoms with Gasteiger partial charge in [-0.1, -0.05) is 37.1 Å². The highest BCUT2D eigenvalue weighted by Gasteiger charge is 2.08. The number of nitrogens with zero attached hydrogens (tertiary/aromatic N) is 2. The Morgan fingerprint density at radius 3 is 2.74 bits per heavy atom. The van der Waals surface area contributed by atoms with Crippen LogP contribution in [0.4, 0.5) is 5.95 Å². The van der Waals surface area contributed by atoms with E-state index >= 15 is 0 Å². The van der Waals surface area contributed by atoms with E-state index < -0.39 is 0 Å². The van der Waals surface area contributed by atoms with Crippen molar-refractivity contribution >= 4 is 17.5 Å². The molecule has 1 unspecified atom stereocenters. The second-order valence-electron chi connectivity index (χ2n) is 4.72. The van der Waals surface area contributed by atoms with Gasteiger partial charge in [0.1, 0.15) is 0 Å². The van der Waals surface area contributed by atoms with Crippen LogP contribution in [0.15, 0.2) is 36.7 Å². The summed E-state index contributed by atoms with van der Waals surface area (Å²) in [5.74, 6) is 0.927. The van der Waals surface area contributed by atoms with Crippen LogP contribution in [0.2, 0.25) is 5.02 Å². The molecule has 1 N–H and O–H groups in total. The Hall–Kier alpha value is -1.48. The van der Waals surface area contributed by atoms with E-state index in [0.29, 0.717) is 0 Å². The van der Waals surface area contributed by atoms with Crippen molar-refractivity contribution in [3.8, 4) is 0 Å². The van der Waals surface area contributed by atoms with E-state index in [4.69, 9.17) is 11.6 Å². The van der Waals surface area contributed by atoms with Gasteiger partial charge in [-0.25, -0.2) is 4.98 Å². The molecule has 2 rings (SSSR count). The summed E-state index contributed by atoms with van der Waals surface area (Å²) in [4.78, 5) is 4.38. The van der Waals surface area contributed by atoms with Gasteiger partial charge in [-0.2, -0.15) is 0 Å². The van der Waals surface area contributed by atoms with E-state index in [0.717, 1.165) is 17.5 Å². The second-order valence-corrected chi connectivity index (χ2v) is 5.15. The molecule has 1 aromatic heterocycles. The largest absolute Gasteiger partial charge is 0.349 e. The lowest BCUT2D eigenvalue weighted by Crippen LogP contribution is -2.11. The molecule has 0 aliphatic heterocycles. The first-order chi connectivity index (χ1) is 9.20. The van der Waals surface area contributed by atoms with Crippen molar-refractivity contribution in [1.29, 1.82) is 0 Å². The number of aryl methyl sites for hydroxylation is 1. The lowest BCUT2D eigenvalue weighted by Gasteiger charge is -2.16. The zero-order valence-corrected chi connectivity index (χ0v) is 12.2. The first-order valence-corrected chi connectivity index (χ1v) is 7.11. The number of unbranched alkanes of at least 4 members (excludes halogenated alkanes) is 1. The third-order valence-electron chi connectivity index (χ3n) is 3.18. The lowest BCUT2D eigenvalue weighted by molar-refractivity contribution is 0.631. The van der Waals surface area contributed by atoms with Crippen LogP contribution < -0.4 is 5.32 Å². The molecule has 0 radical (unpaired) electrons. The Morgan fingerprint density at radius 1 is 1.32 bits per heavy atom. The fourth-order valence-corrected chi connectivity index (χ4v) is 2.11. The zero-order valence-electron chi connectivity index (χ0n) is 11.4. The Balaban J connectivity index is 2.04. The van der Waals surface area contributed by atoms with Crippen LogP contribution in [0.25, 0.3) is 0 Å². The number of nitrogens with one attached hydrogen (secondary N) is 1. The van der Waals surface area contributed by atoms with E-state index in [-0.39, 0.29) is 6.04 Å². The molecular weight excluding hydrogens is 258 g/mol. The summed E-state index contributed by atoms with van der Waals surface area (Å²) in [6.07, 6.45) is 6.21. The number of halogens is 1. The first-order valence-electron chi connectivity index (χ1n) is 6.74. The van der Waals surface area contributed by atoms with Crippen LogP contribution in [0.5, 0.6) is 0 Å². The minimum atomic E-state index is 0.208. The van der Waals surface area contributed by atoms with Crippen LogP contribution in [-0.4, -0.2) is 9.55 Å². The fourth-order valence-electron chi connectivity index (χ4n) is 1.99. The van der Waals surface area contributed by atoms with Gasteiger partial charge in [0.2, 0.25) is 5.95 Å². The van der Waals surface area contributed by atoms with Gasteiger partial charge in [0.05, 0.1) is 6.04 Å². The normalized spacial score (nSPS) is 12.4. The number of benzene rings is 1. The molecule has 19 heavy (non-hydrogen) atoms. The molecule has 3 nitrogen and oxygen atoms in total. The minimum absolute atomic E-state index is 0.208. The Kier molecular flexibility index (Phi) is 4.86. The number of imidazole rings is 1. The molecule has 0 fully saturated rings. The van der Waals surface area contributed by atoms with Gasteiger partial charge in [0.15, 0.2) is 0 Å². The molecule has 102 valence electrons. The standard InChI is InChI=1S/C15H20ClN3/c1-3-4-10-19-11-9-17-15(19)18-12(2)13-5-7-14(16)8-6-13/h5-9,11-12H,3-4,10H2,1-2H3,(H,17,18). The number of anilines is 1. The van der Waals surface area contributed by atoms with Gasteiger partial charge >= 0.3 is 0 Å². The van der Waals surface area contributed by atoms with Crippen LogP contribution in [0, 0.1) is 0 Å². The maximum atomic E-state index is 5.90. The van der Waals surface area contributed by atoms with E-state index in [1.165, 1.54) is 18.4 Å². The van der Waals surface area contributed by atoms with Gasteiger partial charge in [-0.05, 0) is 31.0 Å². The summed E-state index contributed by atoms with van der Waals surface area (Å²) >= 11 is 5.90. The summed E-state index contributed by atoms with van der Waals surface area (Å²) in [6.45, 7) is 5.33. The molecule has 0 saturated heterocycles. The smallest absolute Gasteiger partial charge is 0.203 e. The van der Waals surface area contributed by atoms with Crippen molar-refractivity contribution < 1.29 is 0 Å². The van der Waals surface area contributed by atoms with Crippen molar-refractivity contribution in [2.45, 2.75) is 39.3 Å². The highest BCUT2D eigenvalue weighted by Crippen LogP contribution is 2.20. The molecule has 0 spiro atoms. The highest BCUT2D eigenvalue weighted by molar-refractivity contribution is 6.30. The van der Waals surface area contributed by atoms with Gasteiger partial charge < -0.3 is 9.88 Å². The predicted octanol–water partition coefficient (Wildman–Crippen LogP) is 4.51. The van der Waals surface area contributed by atoms with E-state index in [2.05, 4.69) is 28.7 Å². The number of hydrogen-bond donors (Lipinski definition) is 1. The van der Waals surface area contributed by atoms with E-state index in [1.807, 2.05) is 36.7 Å². The first kappa shape index (κ1) is 13.9. The average Bonchev–Trinajstić information content (AvgIpc) is 2.84. The molecule has 1 atom stereocenters. The Morgan fingerprint density at radius 2 is 2.05 bits per heavy atom. The van der Waals surface area contributed by atoms with Crippen molar-refractivity contribution in [3.05, 3.63) is 47.2 Å². The molecular formula is C15H20ClN3. The SMILES string of the molecule is CCCCn1ccnc1NC(C)c1ccc(Cl)cc1. The summed E-state index contributed by atoms with van der Waals surface area (Å²) in [7, 11) is 0. The van der Waals surface area contributed by atoms with E-state index in [1.54, 1.807) is 0 Å². The van der Waals surface area contributed by atoms with Crippen molar-refractivity contribution in [2.24, 2.45) is 0 Å². The maximum Gasteiger partial charge on any atom is 0.203 e. The molecule has 0 aliphatic rings. The topological polar surface area (TPSA) is 29.9 Å². The summed E-state index contributed by atoms with van der Waals surface area (Å²) in [5, 5.41) is 4.21. The summed E-state index contributed by atoms with van der Waals surface area (Å²) in [6, 6.07) is 8.12. The monoisotopic (exact) mass is 277 g/mol. The molecule has 1 heterocycles. The van der Waals surface area contributed by atoms with Gasteiger partial charge in [-0.3, -0.25) is 0 Å². The molecule has 0 bridgehead atoms. The van der Waals surface area contributed by atoms with Crippen LogP contribution >= 0.6 is 11.6 Å². The minimum Gasteiger partial charge on any atom is -0.349 e. The van der Waals surface area contributed by atoms with Crippen molar-refractivity contribution in [2.75, 3.05) is 5.32 Å². The fraction of sp³-hybridized carbons (Fsp3) is 0.400. The zero-order chi connectivity index (χ0) is 13.7. The third kappa shape index (κ3) is 3.74. The maximum absolute atomic E-state index is 5.90. The quantitative estimate of drug-likeness (QED) is 0.842. The van der Waals surface area contributed by atoms with Gasteiger partial charge in [-0.15, -0.1) is 0 Å². The molecule has 0 amide bonds. The second kappa shape index (κ2) is 6.62.